The molecule has 28 heavy (non-hydrogen) atoms. The lowest BCUT2D eigenvalue weighted by Crippen LogP contribution is -2.42. The molecule has 0 aromatic carbocycles. The van der Waals surface area contributed by atoms with Crippen LogP contribution in [0.2, 0.25) is 0 Å². The van der Waals surface area contributed by atoms with Crippen LogP contribution in [0.1, 0.15) is 58.2 Å². The third-order valence-corrected chi connectivity index (χ3v) is 4.57. The van der Waals surface area contributed by atoms with Gasteiger partial charge in [-0.25, -0.2) is 9.78 Å². The van der Waals surface area contributed by atoms with Crippen LogP contribution >= 0.6 is 35.3 Å². The molecule has 0 radical (unpaired) electrons. The van der Waals surface area contributed by atoms with Crippen LogP contribution in [0.25, 0.3) is 0 Å². The fourth-order valence-electron chi connectivity index (χ4n) is 2.27. The van der Waals surface area contributed by atoms with Gasteiger partial charge in [0, 0.05) is 32.6 Å². The molecule has 1 rings (SSSR count). The maximum atomic E-state index is 12.0. The van der Waals surface area contributed by atoms with Gasteiger partial charge >= 0.3 is 6.09 Å². The van der Waals surface area contributed by atoms with Crippen molar-refractivity contribution in [1.29, 1.82) is 0 Å². The van der Waals surface area contributed by atoms with Crippen LogP contribution in [0.4, 0.5) is 4.79 Å². The molecular weight excluding hydrogens is 489 g/mol. The molecule has 0 spiro atoms. The smallest absolute Gasteiger partial charge is 0.410 e. The summed E-state index contributed by atoms with van der Waals surface area (Å²) in [6.07, 6.45) is -0.304. The van der Waals surface area contributed by atoms with Crippen LogP contribution < -0.4 is 10.6 Å². The lowest BCUT2D eigenvalue weighted by atomic mass is 10.1. The predicted molar refractivity (Wildman–Crippen MR) is 128 cm³/mol. The Hall–Kier alpha value is -1.10. The number of halogens is 1. The summed E-state index contributed by atoms with van der Waals surface area (Å²) in [6.45, 7) is 13.9. The van der Waals surface area contributed by atoms with Crippen molar-refractivity contribution < 1.29 is 9.53 Å². The highest BCUT2D eigenvalue weighted by atomic mass is 127. The number of aliphatic imine (C=N–C) groups is 1. The molecule has 0 aliphatic carbocycles. The van der Waals surface area contributed by atoms with Gasteiger partial charge in [0.15, 0.2) is 5.96 Å². The second kappa shape index (κ2) is 12.5. The molecule has 0 aliphatic heterocycles. The fourth-order valence-corrected chi connectivity index (χ4v) is 3.16. The molecule has 0 saturated heterocycles. The number of amides is 1. The molecular formula is C19H36IN5O2S. The molecule has 2 N–H and O–H groups in total. The van der Waals surface area contributed by atoms with Crippen LogP contribution in [-0.2, 0) is 11.3 Å². The molecule has 0 saturated carbocycles. The van der Waals surface area contributed by atoms with Gasteiger partial charge in [-0.05, 0) is 32.6 Å². The first-order valence-electron chi connectivity index (χ1n) is 9.34. The van der Waals surface area contributed by atoms with Crippen LogP contribution in [0.5, 0.6) is 0 Å². The van der Waals surface area contributed by atoms with E-state index in [0.717, 1.165) is 16.7 Å². The number of rotatable bonds is 7. The standard InChI is InChI=1S/C19H35N5O2S.HI/c1-13(2)15-12-27-16(23-15)10-22-17(20-7)21-9-14(3)11-24(8)18(25)26-19(4,5)6;/h12-14H,9-11H2,1-8H3,(H2,20,21,22);1H. The summed E-state index contributed by atoms with van der Waals surface area (Å²) in [6, 6.07) is 0. The average molecular weight is 526 g/mol. The van der Waals surface area contributed by atoms with E-state index < -0.39 is 5.60 Å². The quantitative estimate of drug-likeness (QED) is 0.319. The number of guanidine groups is 1. The molecule has 1 atom stereocenters. The lowest BCUT2D eigenvalue weighted by Gasteiger charge is -2.26. The highest BCUT2D eigenvalue weighted by Crippen LogP contribution is 2.17. The first-order valence-corrected chi connectivity index (χ1v) is 10.2. The second-order valence-electron chi connectivity index (χ2n) is 8.09. The van der Waals surface area contributed by atoms with Gasteiger partial charge in [-0.1, -0.05) is 20.8 Å². The predicted octanol–water partition coefficient (Wildman–Crippen LogP) is 4.05. The average Bonchev–Trinajstić information content (AvgIpc) is 3.02. The second-order valence-corrected chi connectivity index (χ2v) is 9.04. The zero-order valence-electron chi connectivity index (χ0n) is 18.3. The molecule has 162 valence electrons. The molecule has 9 heteroatoms. The molecule has 0 fully saturated rings. The zero-order chi connectivity index (χ0) is 20.6. The molecule has 1 aromatic rings. The van der Waals surface area contributed by atoms with Crippen molar-refractivity contribution >= 4 is 47.4 Å². The van der Waals surface area contributed by atoms with Crippen LogP contribution in [0, 0.1) is 5.92 Å². The number of hydrogen-bond donors (Lipinski definition) is 2. The Bertz CT molecular complexity index is 628. The number of hydrogen-bond acceptors (Lipinski definition) is 5. The number of nitrogens with one attached hydrogen (secondary N) is 2. The molecule has 1 amide bonds. The van der Waals surface area contributed by atoms with Gasteiger partial charge in [0.2, 0.25) is 0 Å². The lowest BCUT2D eigenvalue weighted by molar-refractivity contribution is 0.0278. The fraction of sp³-hybridized carbons (Fsp3) is 0.737. The van der Waals surface area contributed by atoms with E-state index in [9.17, 15) is 4.79 Å². The van der Waals surface area contributed by atoms with Crippen molar-refractivity contribution in [2.45, 2.75) is 59.6 Å². The Morgan fingerprint density at radius 2 is 1.96 bits per heavy atom. The van der Waals surface area contributed by atoms with Gasteiger partial charge in [0.25, 0.3) is 0 Å². The first kappa shape index (κ1) is 26.9. The minimum atomic E-state index is -0.482. The van der Waals surface area contributed by atoms with Crippen molar-refractivity contribution in [2.24, 2.45) is 10.9 Å². The summed E-state index contributed by atoms with van der Waals surface area (Å²) in [5.41, 5.74) is 0.642. The normalized spacial score (nSPS) is 13.0. The van der Waals surface area contributed by atoms with E-state index >= 15 is 0 Å². The first-order chi connectivity index (χ1) is 12.5. The third-order valence-electron chi connectivity index (χ3n) is 3.70. The van der Waals surface area contributed by atoms with Crippen molar-refractivity contribution in [2.75, 3.05) is 27.2 Å². The minimum Gasteiger partial charge on any atom is -0.444 e. The Labute approximate surface area is 190 Å². The van der Waals surface area contributed by atoms with E-state index in [0.29, 0.717) is 25.6 Å². The molecule has 7 nitrogen and oxygen atoms in total. The van der Waals surface area contributed by atoms with E-state index in [1.54, 1.807) is 30.3 Å². The van der Waals surface area contributed by atoms with Gasteiger partial charge in [-0.2, -0.15) is 0 Å². The maximum absolute atomic E-state index is 12.0. The van der Waals surface area contributed by atoms with Crippen LogP contribution in [0.3, 0.4) is 0 Å². The van der Waals surface area contributed by atoms with Gasteiger partial charge in [-0.15, -0.1) is 35.3 Å². The summed E-state index contributed by atoms with van der Waals surface area (Å²) in [7, 11) is 3.50. The number of thiazole rings is 1. The third kappa shape index (κ3) is 10.4. The van der Waals surface area contributed by atoms with Gasteiger partial charge in [0.1, 0.15) is 10.6 Å². The summed E-state index contributed by atoms with van der Waals surface area (Å²) in [4.78, 5) is 22.5. The number of aromatic nitrogens is 1. The van der Waals surface area contributed by atoms with Crippen LogP contribution in [0.15, 0.2) is 10.4 Å². The highest BCUT2D eigenvalue weighted by Gasteiger charge is 2.20. The van der Waals surface area contributed by atoms with Crippen molar-refractivity contribution in [3.05, 3.63) is 16.1 Å². The Morgan fingerprint density at radius 1 is 1.32 bits per heavy atom. The largest absolute Gasteiger partial charge is 0.444 e. The summed E-state index contributed by atoms with van der Waals surface area (Å²) in [5.74, 6) is 1.41. The SMILES string of the molecule is CN=C(NCc1nc(C(C)C)cs1)NCC(C)CN(C)C(=O)OC(C)(C)C.I. The van der Waals surface area contributed by atoms with E-state index in [2.05, 4.69) is 46.8 Å². The monoisotopic (exact) mass is 525 g/mol. The summed E-state index contributed by atoms with van der Waals surface area (Å²) >= 11 is 1.66. The Kier molecular flexibility index (Phi) is 12.0. The zero-order valence-corrected chi connectivity index (χ0v) is 21.5. The number of ether oxygens (including phenoxy) is 1. The summed E-state index contributed by atoms with van der Waals surface area (Å²) in [5, 5.41) is 9.73. The van der Waals surface area contributed by atoms with Crippen LogP contribution in [-0.4, -0.2) is 54.7 Å². The minimum absolute atomic E-state index is 0. The Morgan fingerprint density at radius 3 is 2.46 bits per heavy atom. The number of carbonyl (C=O) groups is 1. The van der Waals surface area contributed by atoms with E-state index in [-0.39, 0.29) is 36.0 Å². The number of carbonyl (C=O) groups excluding carboxylic acids is 1. The van der Waals surface area contributed by atoms with Gasteiger partial charge in [0.05, 0.1) is 12.2 Å². The molecule has 1 aromatic heterocycles. The summed E-state index contributed by atoms with van der Waals surface area (Å²) < 4.78 is 5.38. The van der Waals surface area contributed by atoms with Crippen molar-refractivity contribution in [3.8, 4) is 0 Å². The van der Waals surface area contributed by atoms with Gasteiger partial charge in [-0.3, -0.25) is 4.99 Å². The topological polar surface area (TPSA) is 78.9 Å². The van der Waals surface area contributed by atoms with E-state index in [1.807, 2.05) is 20.8 Å². The highest BCUT2D eigenvalue weighted by molar-refractivity contribution is 14.0. The molecule has 0 bridgehead atoms. The van der Waals surface area contributed by atoms with Crippen molar-refractivity contribution in [1.82, 2.24) is 20.5 Å². The number of nitrogens with zero attached hydrogens (tertiary/aromatic N) is 3. The Balaban J connectivity index is 0.00000729. The molecule has 0 aliphatic rings. The molecule has 1 heterocycles. The van der Waals surface area contributed by atoms with Gasteiger partial charge < -0.3 is 20.3 Å². The van der Waals surface area contributed by atoms with E-state index in [1.165, 1.54) is 0 Å². The maximum Gasteiger partial charge on any atom is 0.410 e. The molecule has 1 unspecified atom stereocenters. The van der Waals surface area contributed by atoms with Crippen molar-refractivity contribution in [3.63, 3.8) is 0 Å². The van der Waals surface area contributed by atoms with E-state index in [4.69, 9.17) is 4.74 Å².